The Labute approximate surface area is 92.4 Å². The molecule has 0 aromatic rings. The first kappa shape index (κ1) is 11.4. The van der Waals surface area contributed by atoms with E-state index in [9.17, 15) is 5.11 Å². The molecule has 2 N–H and O–H groups in total. The number of aliphatic hydroxyl groups is 1. The van der Waals surface area contributed by atoms with Gasteiger partial charge in [-0.05, 0) is 19.3 Å². The lowest BCUT2D eigenvalue weighted by molar-refractivity contribution is -0.937. The molecule has 0 bridgehead atoms. The molecule has 0 spiro atoms. The second-order valence-corrected chi connectivity index (χ2v) is 5.06. The molecule has 3 heteroatoms. The van der Waals surface area contributed by atoms with Crippen LogP contribution in [-0.4, -0.2) is 44.1 Å². The number of aliphatic hydroxyl groups excluding tert-OH is 1. The largest absolute Gasteiger partial charge is 0.392 e. The Morgan fingerprint density at radius 2 is 2.07 bits per heavy atom. The highest BCUT2D eigenvalue weighted by Crippen LogP contribution is 2.28. The van der Waals surface area contributed by atoms with Gasteiger partial charge in [0.05, 0.1) is 25.3 Å². The van der Waals surface area contributed by atoms with Crippen LogP contribution in [0.4, 0.5) is 0 Å². The van der Waals surface area contributed by atoms with E-state index in [1.54, 1.807) is 12.0 Å². The zero-order chi connectivity index (χ0) is 10.7. The van der Waals surface area contributed by atoms with E-state index in [1.165, 1.54) is 25.7 Å². The van der Waals surface area contributed by atoms with Crippen molar-refractivity contribution in [3.8, 4) is 0 Å². The van der Waals surface area contributed by atoms with Gasteiger partial charge in [-0.1, -0.05) is 6.42 Å². The molecule has 1 unspecified atom stereocenters. The van der Waals surface area contributed by atoms with Crippen molar-refractivity contribution in [3.05, 3.63) is 0 Å². The number of piperidine rings is 1. The Morgan fingerprint density at radius 1 is 1.27 bits per heavy atom. The molecule has 4 atom stereocenters. The third kappa shape index (κ3) is 2.52. The number of hydrogen-bond donors (Lipinski definition) is 2. The van der Waals surface area contributed by atoms with E-state index in [-0.39, 0.29) is 6.10 Å². The first-order chi connectivity index (χ1) is 7.33. The molecule has 0 aromatic carbocycles. The average molecular weight is 214 g/mol. The second-order valence-electron chi connectivity index (χ2n) is 5.06. The van der Waals surface area contributed by atoms with E-state index in [4.69, 9.17) is 4.74 Å². The van der Waals surface area contributed by atoms with Gasteiger partial charge in [-0.3, -0.25) is 0 Å². The van der Waals surface area contributed by atoms with Crippen LogP contribution >= 0.6 is 0 Å². The molecular formula is C12H24NO2+. The summed E-state index contributed by atoms with van der Waals surface area (Å²) in [7, 11) is 1.77. The number of ether oxygens (including phenoxy) is 1. The van der Waals surface area contributed by atoms with E-state index >= 15 is 0 Å². The van der Waals surface area contributed by atoms with Crippen LogP contribution in [0.5, 0.6) is 0 Å². The predicted octanol–water partition coefficient (Wildman–Crippen LogP) is -0.159. The highest BCUT2D eigenvalue weighted by Gasteiger charge is 2.41. The van der Waals surface area contributed by atoms with Crippen molar-refractivity contribution in [1.29, 1.82) is 0 Å². The standard InChI is InChI=1S/C12H23NO2/c1-15-9-8-13-7-6-12(14)10-4-2-3-5-11(10)13/h10-12,14H,2-9H2,1H3/p+1/t10-,11-,12+/m0/s1. The summed E-state index contributed by atoms with van der Waals surface area (Å²) >= 11 is 0. The van der Waals surface area contributed by atoms with Gasteiger partial charge in [0, 0.05) is 19.4 Å². The van der Waals surface area contributed by atoms with Crippen molar-refractivity contribution in [1.82, 2.24) is 0 Å². The van der Waals surface area contributed by atoms with Crippen molar-refractivity contribution in [2.45, 2.75) is 44.2 Å². The summed E-state index contributed by atoms with van der Waals surface area (Å²) in [6, 6.07) is 0.706. The van der Waals surface area contributed by atoms with Gasteiger partial charge in [-0.25, -0.2) is 0 Å². The molecule has 0 aromatic heterocycles. The van der Waals surface area contributed by atoms with Crippen molar-refractivity contribution in [3.63, 3.8) is 0 Å². The Kier molecular flexibility index (Phi) is 4.00. The van der Waals surface area contributed by atoms with E-state index in [0.717, 1.165) is 26.1 Å². The highest BCUT2D eigenvalue weighted by molar-refractivity contribution is 4.83. The summed E-state index contributed by atoms with van der Waals surface area (Å²) < 4.78 is 5.17. The highest BCUT2D eigenvalue weighted by atomic mass is 16.5. The van der Waals surface area contributed by atoms with Crippen LogP contribution in [0.3, 0.4) is 0 Å². The summed E-state index contributed by atoms with van der Waals surface area (Å²) in [4.78, 5) is 1.67. The third-order valence-corrected chi connectivity index (χ3v) is 4.23. The molecule has 15 heavy (non-hydrogen) atoms. The third-order valence-electron chi connectivity index (χ3n) is 4.23. The van der Waals surface area contributed by atoms with E-state index in [2.05, 4.69) is 0 Å². The van der Waals surface area contributed by atoms with Gasteiger partial charge >= 0.3 is 0 Å². The van der Waals surface area contributed by atoms with Crippen LogP contribution < -0.4 is 4.90 Å². The molecule has 1 saturated heterocycles. The van der Waals surface area contributed by atoms with Crippen LogP contribution in [0, 0.1) is 5.92 Å². The minimum atomic E-state index is -0.0263. The summed E-state index contributed by atoms with van der Waals surface area (Å²) in [6.45, 7) is 3.10. The molecular weight excluding hydrogens is 190 g/mol. The van der Waals surface area contributed by atoms with Crippen molar-refractivity contribution >= 4 is 0 Å². The maximum atomic E-state index is 10.0. The van der Waals surface area contributed by atoms with Gasteiger partial charge < -0.3 is 14.7 Å². The summed E-state index contributed by atoms with van der Waals surface area (Å²) in [5, 5.41) is 10.0. The minimum Gasteiger partial charge on any atom is -0.392 e. The molecule has 2 fully saturated rings. The van der Waals surface area contributed by atoms with Gasteiger partial charge in [-0.15, -0.1) is 0 Å². The zero-order valence-corrected chi connectivity index (χ0v) is 9.74. The molecule has 1 saturated carbocycles. The molecule has 2 aliphatic rings. The summed E-state index contributed by atoms with van der Waals surface area (Å²) in [5.41, 5.74) is 0. The van der Waals surface area contributed by atoms with Crippen LogP contribution in [0.15, 0.2) is 0 Å². The van der Waals surface area contributed by atoms with Gasteiger partial charge in [0.2, 0.25) is 0 Å². The van der Waals surface area contributed by atoms with Gasteiger partial charge in [0.1, 0.15) is 6.54 Å². The number of quaternary nitrogens is 1. The molecule has 2 rings (SSSR count). The number of likely N-dealkylation sites (tertiary alicyclic amines) is 1. The molecule has 0 amide bonds. The predicted molar refractivity (Wildman–Crippen MR) is 58.9 cm³/mol. The Hall–Kier alpha value is -0.120. The fourth-order valence-electron chi connectivity index (χ4n) is 3.40. The van der Waals surface area contributed by atoms with Gasteiger partial charge in [0.25, 0.3) is 0 Å². The first-order valence-electron chi connectivity index (χ1n) is 6.34. The van der Waals surface area contributed by atoms with Crippen molar-refractivity contribution < 1.29 is 14.7 Å². The molecule has 3 nitrogen and oxygen atoms in total. The van der Waals surface area contributed by atoms with Crippen LogP contribution in [0.25, 0.3) is 0 Å². The summed E-state index contributed by atoms with van der Waals surface area (Å²) in [6.07, 6.45) is 6.17. The normalized spacial score (nSPS) is 41.2. The molecule has 1 heterocycles. The van der Waals surface area contributed by atoms with Gasteiger partial charge in [-0.2, -0.15) is 0 Å². The molecule has 0 radical (unpaired) electrons. The quantitative estimate of drug-likeness (QED) is 0.684. The second kappa shape index (κ2) is 5.28. The number of fused-ring (bicyclic) bond motifs is 1. The molecule has 1 aliphatic carbocycles. The smallest absolute Gasteiger partial charge is 0.101 e. The SMILES string of the molecule is COCC[NH+]1CC[C@@H](O)[C@H]2CCCC[C@@H]21. The van der Waals surface area contributed by atoms with Crippen molar-refractivity contribution in [2.24, 2.45) is 5.92 Å². The maximum absolute atomic E-state index is 10.0. The van der Waals surface area contributed by atoms with Crippen LogP contribution in [0.1, 0.15) is 32.1 Å². The summed E-state index contributed by atoms with van der Waals surface area (Å²) in [5.74, 6) is 0.569. The monoisotopic (exact) mass is 214 g/mol. The number of methoxy groups -OCH3 is 1. The van der Waals surface area contributed by atoms with Crippen LogP contribution in [0.2, 0.25) is 0 Å². The average Bonchev–Trinajstić information content (AvgIpc) is 2.29. The van der Waals surface area contributed by atoms with E-state index < -0.39 is 0 Å². The lowest BCUT2D eigenvalue weighted by Crippen LogP contribution is -3.18. The Morgan fingerprint density at radius 3 is 2.87 bits per heavy atom. The van der Waals surface area contributed by atoms with Gasteiger partial charge in [0.15, 0.2) is 0 Å². The molecule has 88 valence electrons. The fourth-order valence-corrected chi connectivity index (χ4v) is 3.40. The number of rotatable bonds is 3. The topological polar surface area (TPSA) is 33.9 Å². The number of nitrogens with one attached hydrogen (secondary N) is 1. The Balaban J connectivity index is 1.94. The maximum Gasteiger partial charge on any atom is 0.101 e. The molecule has 1 aliphatic heterocycles. The lowest BCUT2D eigenvalue weighted by Gasteiger charge is -2.43. The first-order valence-corrected chi connectivity index (χ1v) is 6.34. The minimum absolute atomic E-state index is 0.0263. The van der Waals surface area contributed by atoms with E-state index in [0.29, 0.717) is 12.0 Å². The van der Waals surface area contributed by atoms with Crippen LogP contribution in [-0.2, 0) is 4.74 Å². The zero-order valence-electron chi connectivity index (χ0n) is 9.74. The fraction of sp³-hybridized carbons (Fsp3) is 1.00. The van der Waals surface area contributed by atoms with E-state index in [1.807, 2.05) is 0 Å². The Bertz CT molecular complexity index is 196. The lowest BCUT2D eigenvalue weighted by atomic mass is 9.76. The number of hydrogen-bond acceptors (Lipinski definition) is 2. The van der Waals surface area contributed by atoms with Crippen molar-refractivity contribution in [2.75, 3.05) is 26.8 Å².